The maximum absolute atomic E-state index is 5.79. The van der Waals surface area contributed by atoms with Crippen molar-refractivity contribution in [2.24, 2.45) is 4.99 Å². The predicted molar refractivity (Wildman–Crippen MR) is 111 cm³/mol. The van der Waals surface area contributed by atoms with Crippen molar-refractivity contribution in [1.82, 2.24) is 0 Å². The fraction of sp³-hybridized carbons (Fsp3) is 0.0870. The lowest BCUT2D eigenvalue weighted by molar-refractivity contribution is 0.478. The predicted octanol–water partition coefficient (Wildman–Crippen LogP) is 6.80. The molecule has 0 saturated carbocycles. The topological polar surface area (TPSA) is 21.6 Å². The minimum absolute atomic E-state index is 0.812. The molecule has 0 N–H and O–H groups in total. The molecule has 0 aliphatic heterocycles. The number of ether oxygens (including phenoxy) is 1. The first-order valence-electron chi connectivity index (χ1n) is 8.48. The number of aryl methyl sites for hydroxylation is 1. The monoisotopic (exact) mass is 359 g/mol. The molecule has 130 valence electrons. The van der Waals surface area contributed by atoms with Gasteiger partial charge in [-0.1, -0.05) is 65.9 Å². The van der Waals surface area contributed by atoms with Crippen molar-refractivity contribution >= 4 is 22.5 Å². The molecule has 2 nitrogen and oxygen atoms in total. The Morgan fingerprint density at radius 2 is 1.58 bits per heavy atom. The van der Waals surface area contributed by atoms with Gasteiger partial charge >= 0.3 is 0 Å². The van der Waals surface area contributed by atoms with Crippen LogP contribution in [0.1, 0.15) is 12.5 Å². The molecule has 0 aliphatic rings. The van der Waals surface area contributed by atoms with Crippen LogP contribution in [0.4, 0.5) is 5.69 Å². The van der Waals surface area contributed by atoms with Crippen molar-refractivity contribution in [2.45, 2.75) is 18.7 Å². The molecule has 3 rings (SSSR count). The zero-order chi connectivity index (χ0) is 18.2. The van der Waals surface area contributed by atoms with Crippen molar-refractivity contribution < 1.29 is 4.74 Å². The summed E-state index contributed by atoms with van der Waals surface area (Å²) in [5.41, 5.74) is 3.13. The van der Waals surface area contributed by atoms with Crippen molar-refractivity contribution in [3.63, 3.8) is 0 Å². The Hall–Kier alpha value is -2.78. The molecule has 0 atom stereocenters. The van der Waals surface area contributed by atoms with E-state index in [4.69, 9.17) is 9.73 Å². The Labute approximate surface area is 159 Å². The maximum atomic E-state index is 5.79. The molecule has 0 spiro atoms. The Kier molecular flexibility index (Phi) is 6.29. The fourth-order valence-corrected chi connectivity index (χ4v) is 3.28. The van der Waals surface area contributed by atoms with Gasteiger partial charge in [0, 0.05) is 10.5 Å². The molecule has 0 heterocycles. The molecule has 0 fully saturated rings. The van der Waals surface area contributed by atoms with Crippen LogP contribution in [0.5, 0.6) is 5.75 Å². The summed E-state index contributed by atoms with van der Waals surface area (Å²) >= 11 is 1.64. The molecule has 0 saturated heterocycles. The largest absolute Gasteiger partial charge is 0.465 e. The van der Waals surface area contributed by atoms with E-state index in [1.807, 2.05) is 67.6 Å². The molecular formula is C23H21NOS. The van der Waals surface area contributed by atoms with Crippen molar-refractivity contribution in [3.05, 3.63) is 102 Å². The molecule has 0 bridgehead atoms. The maximum Gasteiger partial charge on any atom is 0.126 e. The van der Waals surface area contributed by atoms with Gasteiger partial charge in [0.15, 0.2) is 0 Å². The van der Waals surface area contributed by atoms with E-state index in [9.17, 15) is 0 Å². The van der Waals surface area contributed by atoms with Gasteiger partial charge in [0.1, 0.15) is 10.8 Å². The van der Waals surface area contributed by atoms with Crippen LogP contribution in [0.2, 0.25) is 0 Å². The number of nitrogens with zero attached hydrogens (tertiary/aromatic N) is 1. The van der Waals surface area contributed by atoms with Gasteiger partial charge in [-0.2, -0.15) is 0 Å². The third kappa shape index (κ3) is 5.36. The minimum Gasteiger partial charge on any atom is -0.465 e. The average Bonchev–Trinajstić information content (AvgIpc) is 2.67. The quantitative estimate of drug-likeness (QED) is 0.216. The van der Waals surface area contributed by atoms with Gasteiger partial charge in [-0.3, -0.25) is 0 Å². The summed E-state index contributed by atoms with van der Waals surface area (Å²) in [5, 5.41) is 0.915. The first-order chi connectivity index (χ1) is 12.7. The number of benzene rings is 3. The summed E-state index contributed by atoms with van der Waals surface area (Å²) in [6.07, 6.45) is 1.76. The summed E-state index contributed by atoms with van der Waals surface area (Å²) in [4.78, 5) is 5.99. The second-order valence-electron chi connectivity index (χ2n) is 5.90. The summed E-state index contributed by atoms with van der Waals surface area (Å²) in [6.45, 7) is 4.12. The lowest BCUT2D eigenvalue weighted by atomic mass is 10.2. The molecule has 0 radical (unpaired) electrons. The molecule has 0 amide bonds. The lowest BCUT2D eigenvalue weighted by Gasteiger charge is -2.09. The van der Waals surface area contributed by atoms with Crippen LogP contribution < -0.4 is 4.74 Å². The normalized spacial score (nSPS) is 12.1. The number of thioether (sulfide) groups is 1. The van der Waals surface area contributed by atoms with Gasteiger partial charge in [-0.15, -0.1) is 0 Å². The smallest absolute Gasteiger partial charge is 0.126 e. The average molecular weight is 359 g/mol. The highest BCUT2D eigenvalue weighted by molar-refractivity contribution is 8.14. The van der Waals surface area contributed by atoms with E-state index in [0.29, 0.717) is 0 Å². The Balaban J connectivity index is 1.88. The van der Waals surface area contributed by atoms with Gasteiger partial charge in [0.05, 0.1) is 11.9 Å². The molecular weight excluding hydrogens is 338 g/mol. The van der Waals surface area contributed by atoms with Crippen molar-refractivity contribution in [2.75, 3.05) is 0 Å². The first kappa shape index (κ1) is 18.0. The first-order valence-corrected chi connectivity index (χ1v) is 9.29. The highest BCUT2D eigenvalue weighted by atomic mass is 32.2. The van der Waals surface area contributed by atoms with Crippen molar-refractivity contribution in [1.29, 1.82) is 0 Å². The van der Waals surface area contributed by atoms with E-state index in [2.05, 4.69) is 31.2 Å². The van der Waals surface area contributed by atoms with Crippen LogP contribution >= 0.6 is 11.8 Å². The Morgan fingerprint density at radius 3 is 2.27 bits per heavy atom. The van der Waals surface area contributed by atoms with E-state index in [1.165, 1.54) is 5.56 Å². The lowest BCUT2D eigenvalue weighted by Crippen LogP contribution is -1.97. The SMILES string of the molecule is CC(=C\Oc1ccccc1)/C(=N/c1ccccc1)Sc1cccc(C)c1. The van der Waals surface area contributed by atoms with E-state index in [0.717, 1.165) is 26.9 Å². The number of para-hydroxylation sites is 2. The van der Waals surface area contributed by atoms with Crippen LogP contribution in [0.25, 0.3) is 0 Å². The zero-order valence-electron chi connectivity index (χ0n) is 14.9. The minimum atomic E-state index is 0.812. The van der Waals surface area contributed by atoms with Crippen molar-refractivity contribution in [3.8, 4) is 5.75 Å². The summed E-state index contributed by atoms with van der Waals surface area (Å²) < 4.78 is 5.79. The summed E-state index contributed by atoms with van der Waals surface area (Å²) in [7, 11) is 0. The van der Waals surface area contributed by atoms with Crippen LogP contribution in [0, 0.1) is 6.92 Å². The van der Waals surface area contributed by atoms with Crippen LogP contribution in [0.15, 0.2) is 107 Å². The van der Waals surface area contributed by atoms with Gasteiger partial charge < -0.3 is 4.74 Å². The number of hydrogen-bond acceptors (Lipinski definition) is 3. The van der Waals surface area contributed by atoms with E-state index >= 15 is 0 Å². The Bertz CT molecular complexity index is 902. The van der Waals surface area contributed by atoms with Gasteiger partial charge in [0.25, 0.3) is 0 Å². The third-order valence-corrected chi connectivity index (χ3v) is 4.74. The molecule has 0 unspecified atom stereocenters. The van der Waals surface area contributed by atoms with E-state index in [1.54, 1.807) is 18.0 Å². The second kappa shape index (κ2) is 9.07. The summed E-state index contributed by atoms with van der Waals surface area (Å²) in [6, 6.07) is 28.2. The molecule has 3 heteroatoms. The standard InChI is InChI=1S/C23H21NOS/c1-18-10-9-15-22(16-18)26-23(24-20-11-5-3-6-12-20)19(2)17-25-21-13-7-4-8-14-21/h3-17H,1-2H3/b19-17+,24-23-. The number of rotatable bonds is 5. The number of aliphatic imine (C=N–C) groups is 1. The highest BCUT2D eigenvalue weighted by Gasteiger charge is 2.07. The van der Waals surface area contributed by atoms with Gasteiger partial charge in [0.2, 0.25) is 0 Å². The fourth-order valence-electron chi connectivity index (χ4n) is 2.31. The van der Waals surface area contributed by atoms with Gasteiger partial charge in [-0.05, 0) is 50.2 Å². The molecule has 3 aromatic carbocycles. The zero-order valence-corrected chi connectivity index (χ0v) is 15.7. The number of hydrogen-bond donors (Lipinski definition) is 0. The molecule has 26 heavy (non-hydrogen) atoms. The summed E-state index contributed by atoms with van der Waals surface area (Å²) in [5.74, 6) is 0.812. The van der Waals surface area contributed by atoms with E-state index in [-0.39, 0.29) is 0 Å². The van der Waals surface area contributed by atoms with Crippen LogP contribution in [-0.4, -0.2) is 5.04 Å². The second-order valence-corrected chi connectivity index (χ2v) is 6.97. The Morgan fingerprint density at radius 1 is 0.885 bits per heavy atom. The highest BCUT2D eigenvalue weighted by Crippen LogP contribution is 2.27. The van der Waals surface area contributed by atoms with E-state index < -0.39 is 0 Å². The molecule has 0 aliphatic carbocycles. The molecule has 3 aromatic rings. The van der Waals surface area contributed by atoms with Crippen LogP contribution in [-0.2, 0) is 0 Å². The third-order valence-electron chi connectivity index (χ3n) is 3.64. The van der Waals surface area contributed by atoms with Crippen LogP contribution in [0.3, 0.4) is 0 Å². The molecule has 0 aromatic heterocycles. The van der Waals surface area contributed by atoms with Gasteiger partial charge in [-0.25, -0.2) is 4.99 Å².